The minimum atomic E-state index is -3.09. The Morgan fingerprint density at radius 3 is 2.49 bits per heavy atom. The van der Waals surface area contributed by atoms with Gasteiger partial charge in [-0.2, -0.15) is 8.78 Å². The SMILES string of the molecule is O=C(O)CCC(=O)NCc1oc(-c2ccc(OC(F)F)c(OCC3CC3)c2)nc1C(=O)NCc1ccc(F)cc1F. The molecule has 1 heterocycles. The summed E-state index contributed by atoms with van der Waals surface area (Å²) < 4.78 is 69.0. The first-order chi connectivity index (χ1) is 19.6. The van der Waals surface area contributed by atoms with Crippen molar-refractivity contribution in [2.45, 2.75) is 45.4 Å². The maximum atomic E-state index is 14.0. The number of amides is 2. The number of aromatic nitrogens is 1. The van der Waals surface area contributed by atoms with Gasteiger partial charge in [0.2, 0.25) is 11.8 Å². The van der Waals surface area contributed by atoms with Gasteiger partial charge >= 0.3 is 12.6 Å². The van der Waals surface area contributed by atoms with Crippen molar-refractivity contribution in [3.63, 3.8) is 0 Å². The fourth-order valence-electron chi connectivity index (χ4n) is 3.62. The summed E-state index contributed by atoms with van der Waals surface area (Å²) in [5, 5.41) is 13.7. The lowest BCUT2D eigenvalue weighted by atomic mass is 10.2. The number of halogens is 4. The number of carboxylic acids is 1. The van der Waals surface area contributed by atoms with Crippen LogP contribution in [0.25, 0.3) is 11.5 Å². The second-order valence-corrected chi connectivity index (χ2v) is 9.17. The van der Waals surface area contributed by atoms with Crippen LogP contribution >= 0.6 is 0 Å². The maximum absolute atomic E-state index is 14.0. The summed E-state index contributed by atoms with van der Waals surface area (Å²) in [5.74, 6) is -4.42. The van der Waals surface area contributed by atoms with Crippen LogP contribution in [0.4, 0.5) is 17.6 Å². The van der Waals surface area contributed by atoms with Gasteiger partial charge in [-0.05, 0) is 43.0 Å². The maximum Gasteiger partial charge on any atom is 0.387 e. The van der Waals surface area contributed by atoms with Crippen molar-refractivity contribution in [1.29, 1.82) is 0 Å². The van der Waals surface area contributed by atoms with E-state index in [1.54, 1.807) is 0 Å². The molecule has 10 nitrogen and oxygen atoms in total. The summed E-state index contributed by atoms with van der Waals surface area (Å²) in [6.45, 7) is -3.48. The minimum Gasteiger partial charge on any atom is -0.489 e. The van der Waals surface area contributed by atoms with Crippen molar-refractivity contribution < 1.29 is 50.9 Å². The van der Waals surface area contributed by atoms with Gasteiger partial charge in [-0.1, -0.05) is 6.07 Å². The van der Waals surface area contributed by atoms with Crippen LogP contribution in [0.15, 0.2) is 40.8 Å². The van der Waals surface area contributed by atoms with E-state index in [1.165, 1.54) is 18.2 Å². The number of hydrogen-bond acceptors (Lipinski definition) is 7. The molecule has 0 radical (unpaired) electrons. The Morgan fingerprint density at radius 1 is 1.02 bits per heavy atom. The second-order valence-electron chi connectivity index (χ2n) is 9.17. The molecule has 1 aliphatic rings. The summed E-state index contributed by atoms with van der Waals surface area (Å²) >= 11 is 0. The normalized spacial score (nSPS) is 12.7. The number of aliphatic carboxylic acids is 1. The summed E-state index contributed by atoms with van der Waals surface area (Å²) in [6.07, 6.45) is 1.16. The van der Waals surface area contributed by atoms with Crippen molar-refractivity contribution in [3.05, 3.63) is 65.1 Å². The number of oxazole rings is 1. The van der Waals surface area contributed by atoms with Gasteiger partial charge in [-0.25, -0.2) is 13.8 Å². The molecule has 0 saturated heterocycles. The number of ether oxygens (including phenoxy) is 2. The van der Waals surface area contributed by atoms with E-state index in [9.17, 15) is 31.9 Å². The van der Waals surface area contributed by atoms with Crippen molar-refractivity contribution >= 4 is 17.8 Å². The van der Waals surface area contributed by atoms with Crippen LogP contribution in [0.2, 0.25) is 0 Å². The fourth-order valence-corrected chi connectivity index (χ4v) is 3.62. The van der Waals surface area contributed by atoms with Gasteiger partial charge in [0.15, 0.2) is 23.0 Å². The molecule has 1 saturated carbocycles. The van der Waals surface area contributed by atoms with Crippen molar-refractivity contribution in [3.8, 4) is 23.0 Å². The lowest BCUT2D eigenvalue weighted by Crippen LogP contribution is -2.27. The van der Waals surface area contributed by atoms with Gasteiger partial charge < -0.3 is 29.6 Å². The number of alkyl halides is 2. The smallest absolute Gasteiger partial charge is 0.387 e. The summed E-state index contributed by atoms with van der Waals surface area (Å²) in [4.78, 5) is 40.0. The number of benzene rings is 2. The monoisotopic (exact) mass is 579 g/mol. The summed E-state index contributed by atoms with van der Waals surface area (Å²) in [5.41, 5.74) is -0.0482. The zero-order valence-electron chi connectivity index (χ0n) is 21.4. The Bertz CT molecular complexity index is 1430. The van der Waals surface area contributed by atoms with Crippen LogP contribution in [0.3, 0.4) is 0 Å². The Labute approximate surface area is 230 Å². The molecule has 1 aromatic heterocycles. The largest absolute Gasteiger partial charge is 0.489 e. The zero-order chi connectivity index (χ0) is 29.5. The lowest BCUT2D eigenvalue weighted by molar-refractivity contribution is -0.138. The number of nitrogens with zero attached hydrogens (tertiary/aromatic N) is 1. The number of rotatable bonds is 14. The van der Waals surface area contributed by atoms with Crippen LogP contribution < -0.4 is 20.1 Å². The van der Waals surface area contributed by atoms with Gasteiger partial charge in [-0.3, -0.25) is 14.4 Å². The van der Waals surface area contributed by atoms with Crippen molar-refractivity contribution in [2.24, 2.45) is 5.92 Å². The van der Waals surface area contributed by atoms with Crippen LogP contribution in [-0.2, 0) is 22.7 Å². The molecule has 0 bridgehead atoms. The molecule has 41 heavy (non-hydrogen) atoms. The molecule has 0 unspecified atom stereocenters. The molecular formula is C27H25F4N3O7. The molecule has 3 N–H and O–H groups in total. The van der Waals surface area contributed by atoms with Gasteiger partial charge in [0.25, 0.3) is 5.91 Å². The van der Waals surface area contributed by atoms with E-state index >= 15 is 0 Å². The number of carboxylic acid groups (broad SMARTS) is 1. The van der Waals surface area contributed by atoms with E-state index in [4.69, 9.17) is 14.3 Å². The molecule has 4 rings (SSSR count). The number of hydrogen-bond donors (Lipinski definition) is 3. The summed E-state index contributed by atoms with van der Waals surface area (Å²) in [7, 11) is 0. The molecule has 2 amide bonds. The molecule has 2 aromatic carbocycles. The standard InChI is InChI=1S/C27H25F4N3O7/c28-17-5-3-16(18(29)10-17)11-33-25(38)24-21(12-32-22(35)7-8-23(36)37)40-26(34-24)15-4-6-19(41-27(30)31)20(9-15)39-13-14-1-2-14/h3-6,9-10,14,27H,1-2,7-8,11-13H2,(H,32,35)(H,33,38)(H,36,37). The third kappa shape index (κ3) is 8.43. The minimum absolute atomic E-state index is 0.000867. The quantitative estimate of drug-likeness (QED) is 0.239. The van der Waals surface area contributed by atoms with E-state index in [0.717, 1.165) is 25.0 Å². The predicted octanol–water partition coefficient (Wildman–Crippen LogP) is 4.42. The molecule has 14 heteroatoms. The third-order valence-electron chi connectivity index (χ3n) is 5.96. The fraction of sp³-hybridized carbons (Fsp3) is 0.333. The van der Waals surface area contributed by atoms with Gasteiger partial charge in [-0.15, -0.1) is 0 Å². The molecule has 3 aromatic rings. The highest BCUT2D eigenvalue weighted by molar-refractivity contribution is 5.94. The molecule has 1 aliphatic carbocycles. The summed E-state index contributed by atoms with van der Waals surface area (Å²) in [6, 6.07) is 6.81. The highest BCUT2D eigenvalue weighted by Gasteiger charge is 2.25. The molecule has 1 fully saturated rings. The van der Waals surface area contributed by atoms with Crippen LogP contribution in [0, 0.1) is 17.6 Å². The van der Waals surface area contributed by atoms with Crippen LogP contribution in [-0.4, -0.2) is 41.1 Å². The Hall–Kier alpha value is -4.62. The van der Waals surface area contributed by atoms with Crippen LogP contribution in [0.1, 0.15) is 47.5 Å². The first-order valence-electron chi connectivity index (χ1n) is 12.5. The first kappa shape index (κ1) is 29.4. The van der Waals surface area contributed by atoms with Gasteiger partial charge in [0, 0.05) is 30.2 Å². The van der Waals surface area contributed by atoms with Crippen molar-refractivity contribution in [2.75, 3.05) is 6.61 Å². The number of nitrogens with one attached hydrogen (secondary N) is 2. The molecule has 0 aliphatic heterocycles. The zero-order valence-corrected chi connectivity index (χ0v) is 21.4. The molecular weight excluding hydrogens is 554 g/mol. The Kier molecular flexibility index (Phi) is 9.42. The van der Waals surface area contributed by atoms with Gasteiger partial charge in [0.1, 0.15) is 11.6 Å². The number of carbonyl (C=O) groups excluding carboxylic acids is 2. The van der Waals surface area contributed by atoms with E-state index in [-0.39, 0.29) is 66.1 Å². The predicted molar refractivity (Wildman–Crippen MR) is 133 cm³/mol. The highest BCUT2D eigenvalue weighted by Crippen LogP contribution is 2.36. The van der Waals surface area contributed by atoms with Gasteiger partial charge in [0.05, 0.1) is 19.6 Å². The molecule has 0 atom stereocenters. The van der Waals surface area contributed by atoms with E-state index in [2.05, 4.69) is 20.4 Å². The highest BCUT2D eigenvalue weighted by atomic mass is 19.3. The average Bonchev–Trinajstić information content (AvgIpc) is 3.65. The van der Waals surface area contributed by atoms with Crippen molar-refractivity contribution in [1.82, 2.24) is 15.6 Å². The number of carbonyl (C=O) groups is 3. The lowest BCUT2D eigenvalue weighted by Gasteiger charge is -2.12. The van der Waals surface area contributed by atoms with E-state index < -0.39 is 42.5 Å². The van der Waals surface area contributed by atoms with E-state index in [0.29, 0.717) is 12.0 Å². The Balaban J connectivity index is 1.58. The first-order valence-corrected chi connectivity index (χ1v) is 12.5. The Morgan fingerprint density at radius 2 is 1.80 bits per heavy atom. The van der Waals surface area contributed by atoms with E-state index in [1.807, 2.05) is 0 Å². The second kappa shape index (κ2) is 13.2. The van der Waals surface area contributed by atoms with Crippen LogP contribution in [0.5, 0.6) is 11.5 Å². The average molecular weight is 580 g/mol. The third-order valence-corrected chi connectivity index (χ3v) is 5.96. The molecule has 0 spiro atoms. The molecule has 218 valence electrons. The topological polar surface area (TPSA) is 140 Å².